The van der Waals surface area contributed by atoms with Crippen LogP contribution in [0.4, 0.5) is 4.39 Å². The van der Waals surface area contributed by atoms with Crippen LogP contribution in [0.1, 0.15) is 23.1 Å². The molecule has 0 aromatic heterocycles. The van der Waals surface area contributed by atoms with E-state index in [1.54, 1.807) is 12.1 Å². The van der Waals surface area contributed by atoms with E-state index in [1.165, 1.54) is 5.56 Å². The first-order valence-corrected chi connectivity index (χ1v) is 4.22. The zero-order valence-corrected chi connectivity index (χ0v) is 6.81. The predicted octanol–water partition coefficient (Wildman–Crippen LogP) is 1.81. The first-order valence-electron chi connectivity index (χ1n) is 4.22. The lowest BCUT2D eigenvalue weighted by molar-refractivity contribution is 0.275. The van der Waals surface area contributed by atoms with Crippen LogP contribution in [0, 0.1) is 5.82 Å². The molecule has 2 heteroatoms. The molecule has 0 fully saturated rings. The van der Waals surface area contributed by atoms with Crippen molar-refractivity contribution in [1.82, 2.24) is 0 Å². The summed E-state index contributed by atoms with van der Waals surface area (Å²) in [6.07, 6.45) is 3.13. The van der Waals surface area contributed by atoms with Crippen molar-refractivity contribution in [2.45, 2.75) is 25.9 Å². The van der Waals surface area contributed by atoms with Crippen LogP contribution in [-0.4, -0.2) is 5.11 Å². The summed E-state index contributed by atoms with van der Waals surface area (Å²) in [4.78, 5) is 0. The zero-order valence-electron chi connectivity index (χ0n) is 6.81. The maximum absolute atomic E-state index is 13.1. The van der Waals surface area contributed by atoms with Crippen molar-refractivity contribution in [1.29, 1.82) is 0 Å². The zero-order chi connectivity index (χ0) is 8.55. The summed E-state index contributed by atoms with van der Waals surface area (Å²) in [6.45, 7) is -0.195. The molecule has 0 atom stereocenters. The number of aliphatic hydroxyl groups excluding tert-OH is 1. The minimum atomic E-state index is -0.266. The Labute approximate surface area is 70.8 Å². The number of aryl methyl sites for hydroxylation is 2. The van der Waals surface area contributed by atoms with Gasteiger partial charge in [0.25, 0.3) is 0 Å². The number of hydrogen-bond donors (Lipinski definition) is 1. The van der Waals surface area contributed by atoms with Crippen molar-refractivity contribution in [3.8, 4) is 0 Å². The molecule has 1 aliphatic rings. The van der Waals surface area contributed by atoms with E-state index in [1.807, 2.05) is 0 Å². The summed E-state index contributed by atoms with van der Waals surface area (Å²) in [6, 6.07) is 3.35. The summed E-state index contributed by atoms with van der Waals surface area (Å²) in [5.74, 6) is -0.266. The van der Waals surface area contributed by atoms with Crippen molar-refractivity contribution in [2.24, 2.45) is 0 Å². The molecular formula is C10H11FO. The van der Waals surface area contributed by atoms with Gasteiger partial charge in [-0.15, -0.1) is 0 Å². The van der Waals surface area contributed by atoms with Gasteiger partial charge in [0.1, 0.15) is 5.82 Å². The highest BCUT2D eigenvalue weighted by Crippen LogP contribution is 2.24. The third kappa shape index (κ3) is 1.12. The van der Waals surface area contributed by atoms with E-state index < -0.39 is 0 Å². The Morgan fingerprint density at radius 2 is 1.92 bits per heavy atom. The van der Waals surface area contributed by atoms with E-state index in [9.17, 15) is 4.39 Å². The van der Waals surface area contributed by atoms with Gasteiger partial charge in [-0.05, 0) is 36.5 Å². The summed E-state index contributed by atoms with van der Waals surface area (Å²) < 4.78 is 13.1. The van der Waals surface area contributed by atoms with Gasteiger partial charge in [0.2, 0.25) is 0 Å². The predicted molar refractivity (Wildman–Crippen MR) is 44.3 cm³/mol. The van der Waals surface area contributed by atoms with Crippen molar-refractivity contribution in [3.05, 3.63) is 34.6 Å². The molecule has 0 saturated carbocycles. The van der Waals surface area contributed by atoms with Crippen molar-refractivity contribution >= 4 is 0 Å². The fraction of sp³-hybridized carbons (Fsp3) is 0.400. The molecule has 0 saturated heterocycles. The van der Waals surface area contributed by atoms with Gasteiger partial charge < -0.3 is 5.11 Å². The Hall–Kier alpha value is -0.890. The number of benzene rings is 1. The SMILES string of the molecule is OCc1cc2c(cc1F)CCC2. The minimum absolute atomic E-state index is 0.195. The third-order valence-corrected chi connectivity index (χ3v) is 2.43. The third-order valence-electron chi connectivity index (χ3n) is 2.43. The van der Waals surface area contributed by atoms with E-state index in [0.29, 0.717) is 5.56 Å². The van der Waals surface area contributed by atoms with Gasteiger partial charge in [-0.3, -0.25) is 0 Å². The smallest absolute Gasteiger partial charge is 0.129 e. The standard InChI is InChI=1S/C10H11FO/c11-10-5-8-3-1-2-7(8)4-9(10)6-12/h4-5,12H,1-3,6H2. The van der Waals surface area contributed by atoms with E-state index in [2.05, 4.69) is 0 Å². The molecule has 2 rings (SSSR count). The molecule has 1 N–H and O–H groups in total. The van der Waals surface area contributed by atoms with Gasteiger partial charge in [-0.2, -0.15) is 0 Å². The Kier molecular flexibility index (Phi) is 1.85. The van der Waals surface area contributed by atoms with Crippen LogP contribution >= 0.6 is 0 Å². The summed E-state index contributed by atoms with van der Waals surface area (Å²) >= 11 is 0. The van der Waals surface area contributed by atoms with Crippen LogP contribution in [0.15, 0.2) is 12.1 Å². The number of hydrogen-bond acceptors (Lipinski definition) is 1. The Morgan fingerprint density at radius 3 is 2.58 bits per heavy atom. The highest BCUT2D eigenvalue weighted by atomic mass is 19.1. The van der Waals surface area contributed by atoms with Gasteiger partial charge in [0, 0.05) is 5.56 Å². The van der Waals surface area contributed by atoms with Crippen molar-refractivity contribution in [2.75, 3.05) is 0 Å². The van der Waals surface area contributed by atoms with Gasteiger partial charge in [0.05, 0.1) is 6.61 Å². The number of rotatable bonds is 1. The van der Waals surface area contributed by atoms with E-state index >= 15 is 0 Å². The Morgan fingerprint density at radius 1 is 1.25 bits per heavy atom. The molecule has 1 aromatic carbocycles. The minimum Gasteiger partial charge on any atom is -0.392 e. The molecule has 0 heterocycles. The normalized spacial score (nSPS) is 14.8. The second-order valence-electron chi connectivity index (χ2n) is 3.22. The lowest BCUT2D eigenvalue weighted by Crippen LogP contribution is -1.93. The number of aliphatic hydroxyl groups is 1. The van der Waals surface area contributed by atoms with Crippen LogP contribution in [0.25, 0.3) is 0 Å². The van der Waals surface area contributed by atoms with E-state index in [-0.39, 0.29) is 12.4 Å². The maximum atomic E-state index is 13.1. The van der Waals surface area contributed by atoms with Crippen LogP contribution in [0.3, 0.4) is 0 Å². The molecule has 0 aliphatic heterocycles. The quantitative estimate of drug-likeness (QED) is 0.674. The molecule has 12 heavy (non-hydrogen) atoms. The summed E-state index contributed by atoms with van der Waals surface area (Å²) in [7, 11) is 0. The van der Waals surface area contributed by atoms with Crippen molar-refractivity contribution < 1.29 is 9.50 Å². The van der Waals surface area contributed by atoms with Crippen molar-refractivity contribution in [3.63, 3.8) is 0 Å². The Bertz CT molecular complexity index is 306. The first kappa shape index (κ1) is 7.74. The lowest BCUT2D eigenvalue weighted by Gasteiger charge is -2.03. The van der Waals surface area contributed by atoms with E-state index in [0.717, 1.165) is 24.8 Å². The number of halogens is 1. The second-order valence-corrected chi connectivity index (χ2v) is 3.22. The molecule has 0 spiro atoms. The highest BCUT2D eigenvalue weighted by molar-refractivity contribution is 5.36. The summed E-state index contributed by atoms with van der Waals surface area (Å²) in [5, 5.41) is 8.81. The van der Waals surface area contributed by atoms with Crippen LogP contribution in [-0.2, 0) is 19.4 Å². The van der Waals surface area contributed by atoms with Gasteiger partial charge in [-0.1, -0.05) is 6.07 Å². The fourth-order valence-corrected chi connectivity index (χ4v) is 1.77. The van der Waals surface area contributed by atoms with Crippen LogP contribution in [0.5, 0.6) is 0 Å². The largest absolute Gasteiger partial charge is 0.392 e. The molecule has 0 unspecified atom stereocenters. The fourth-order valence-electron chi connectivity index (χ4n) is 1.77. The molecule has 1 aromatic rings. The summed E-state index contributed by atoms with van der Waals surface area (Å²) in [5.41, 5.74) is 2.75. The second kappa shape index (κ2) is 2.87. The monoisotopic (exact) mass is 166 g/mol. The molecule has 0 bridgehead atoms. The van der Waals surface area contributed by atoms with Crippen LogP contribution < -0.4 is 0 Å². The molecule has 64 valence electrons. The average Bonchev–Trinajstić information content (AvgIpc) is 2.49. The molecule has 0 amide bonds. The molecule has 0 radical (unpaired) electrons. The highest BCUT2D eigenvalue weighted by Gasteiger charge is 2.13. The van der Waals surface area contributed by atoms with E-state index in [4.69, 9.17) is 5.11 Å². The Balaban J connectivity index is 2.49. The molecule has 1 aliphatic carbocycles. The van der Waals surface area contributed by atoms with Gasteiger partial charge >= 0.3 is 0 Å². The van der Waals surface area contributed by atoms with Crippen LogP contribution in [0.2, 0.25) is 0 Å². The van der Waals surface area contributed by atoms with Gasteiger partial charge in [0.15, 0.2) is 0 Å². The molecular weight excluding hydrogens is 155 g/mol. The average molecular weight is 166 g/mol. The maximum Gasteiger partial charge on any atom is 0.129 e. The number of fused-ring (bicyclic) bond motifs is 1. The topological polar surface area (TPSA) is 20.2 Å². The lowest BCUT2D eigenvalue weighted by atomic mass is 10.1. The molecule has 1 nitrogen and oxygen atoms in total. The first-order chi connectivity index (χ1) is 5.81. The van der Waals surface area contributed by atoms with Gasteiger partial charge in [-0.25, -0.2) is 4.39 Å².